The van der Waals surface area contributed by atoms with Crippen molar-refractivity contribution in [3.05, 3.63) is 35.4 Å². The fourth-order valence-electron chi connectivity index (χ4n) is 1.74. The largest absolute Gasteiger partial charge is 0.313 e. The molecular weight excluding hydrogens is 194 g/mol. The first-order valence-electron chi connectivity index (χ1n) is 6.26. The molecule has 0 amide bonds. The Balaban J connectivity index is 2.69. The maximum absolute atomic E-state index is 3.59. The van der Waals surface area contributed by atoms with Crippen molar-refractivity contribution in [2.75, 3.05) is 6.54 Å². The summed E-state index contributed by atoms with van der Waals surface area (Å²) in [5.74, 6) is 0. The van der Waals surface area contributed by atoms with Gasteiger partial charge in [-0.25, -0.2) is 0 Å². The highest BCUT2D eigenvalue weighted by Crippen LogP contribution is 2.23. The Kier molecular flexibility index (Phi) is 4.55. The van der Waals surface area contributed by atoms with Crippen LogP contribution in [0, 0.1) is 6.92 Å². The van der Waals surface area contributed by atoms with E-state index in [4.69, 9.17) is 0 Å². The highest BCUT2D eigenvalue weighted by atomic mass is 14.9. The van der Waals surface area contributed by atoms with E-state index in [1.807, 2.05) is 0 Å². The van der Waals surface area contributed by atoms with Crippen LogP contribution in [0.1, 0.15) is 45.2 Å². The molecule has 1 rings (SSSR count). The second-order valence-electron chi connectivity index (χ2n) is 5.44. The van der Waals surface area contributed by atoms with Gasteiger partial charge in [0.15, 0.2) is 0 Å². The molecule has 0 fully saturated rings. The molecule has 1 nitrogen and oxygen atoms in total. The van der Waals surface area contributed by atoms with Gasteiger partial charge in [-0.15, -0.1) is 0 Å². The van der Waals surface area contributed by atoms with E-state index in [0.717, 1.165) is 6.54 Å². The standard InChI is InChI=1S/C15H25N/c1-6-13(3)16-11-15(4,5)14-9-7-8-12(2)10-14/h7-10,13,16H,6,11H2,1-5H3. The van der Waals surface area contributed by atoms with Gasteiger partial charge in [0.2, 0.25) is 0 Å². The molecule has 1 aromatic rings. The summed E-state index contributed by atoms with van der Waals surface area (Å²) >= 11 is 0. The Morgan fingerprint density at radius 1 is 1.31 bits per heavy atom. The molecule has 1 atom stereocenters. The van der Waals surface area contributed by atoms with Crippen molar-refractivity contribution in [1.82, 2.24) is 5.32 Å². The lowest BCUT2D eigenvalue weighted by molar-refractivity contribution is 0.424. The molecule has 0 bridgehead atoms. The average Bonchev–Trinajstić information content (AvgIpc) is 2.26. The third kappa shape index (κ3) is 3.64. The second kappa shape index (κ2) is 5.49. The van der Waals surface area contributed by atoms with Gasteiger partial charge in [0, 0.05) is 18.0 Å². The molecule has 0 aliphatic carbocycles. The summed E-state index contributed by atoms with van der Waals surface area (Å²) in [6, 6.07) is 9.42. The smallest absolute Gasteiger partial charge is 0.00456 e. The summed E-state index contributed by atoms with van der Waals surface area (Å²) in [5.41, 5.74) is 2.97. The minimum absolute atomic E-state index is 0.204. The van der Waals surface area contributed by atoms with Crippen LogP contribution in [0.4, 0.5) is 0 Å². The molecule has 16 heavy (non-hydrogen) atoms. The number of nitrogens with one attached hydrogen (secondary N) is 1. The zero-order chi connectivity index (χ0) is 12.2. The normalized spacial score (nSPS) is 13.8. The predicted octanol–water partition coefficient (Wildman–Crippen LogP) is 3.66. The van der Waals surface area contributed by atoms with Gasteiger partial charge in [-0.1, -0.05) is 50.6 Å². The van der Waals surface area contributed by atoms with Crippen LogP contribution in [-0.4, -0.2) is 12.6 Å². The van der Waals surface area contributed by atoms with E-state index in [2.05, 4.69) is 64.2 Å². The maximum Gasteiger partial charge on any atom is 0.00456 e. The van der Waals surface area contributed by atoms with Gasteiger partial charge in [0.25, 0.3) is 0 Å². The first kappa shape index (κ1) is 13.2. The van der Waals surface area contributed by atoms with Crippen LogP contribution >= 0.6 is 0 Å². The van der Waals surface area contributed by atoms with Crippen molar-refractivity contribution in [2.24, 2.45) is 0 Å². The molecule has 1 heteroatoms. The van der Waals surface area contributed by atoms with Gasteiger partial charge < -0.3 is 5.32 Å². The minimum Gasteiger partial charge on any atom is -0.313 e. The van der Waals surface area contributed by atoms with Crippen LogP contribution in [0.2, 0.25) is 0 Å². The third-order valence-corrected chi connectivity index (χ3v) is 3.30. The van der Waals surface area contributed by atoms with E-state index in [-0.39, 0.29) is 5.41 Å². The highest BCUT2D eigenvalue weighted by Gasteiger charge is 2.20. The zero-order valence-corrected chi connectivity index (χ0v) is 11.3. The van der Waals surface area contributed by atoms with Gasteiger partial charge in [0.05, 0.1) is 0 Å². The van der Waals surface area contributed by atoms with E-state index < -0.39 is 0 Å². The molecule has 0 aliphatic rings. The van der Waals surface area contributed by atoms with Crippen molar-refractivity contribution < 1.29 is 0 Å². The van der Waals surface area contributed by atoms with Crippen molar-refractivity contribution in [3.8, 4) is 0 Å². The molecule has 0 saturated heterocycles. The van der Waals surface area contributed by atoms with E-state index in [9.17, 15) is 0 Å². The van der Waals surface area contributed by atoms with Crippen LogP contribution in [-0.2, 0) is 5.41 Å². The maximum atomic E-state index is 3.59. The molecule has 0 aliphatic heterocycles. The van der Waals surface area contributed by atoms with E-state index >= 15 is 0 Å². The molecule has 0 saturated carbocycles. The Morgan fingerprint density at radius 3 is 2.56 bits per heavy atom. The molecule has 0 radical (unpaired) electrons. The number of benzene rings is 1. The number of rotatable bonds is 5. The van der Waals surface area contributed by atoms with Gasteiger partial charge in [-0.3, -0.25) is 0 Å². The van der Waals surface area contributed by atoms with Crippen LogP contribution < -0.4 is 5.32 Å². The van der Waals surface area contributed by atoms with E-state index in [0.29, 0.717) is 6.04 Å². The first-order valence-corrected chi connectivity index (χ1v) is 6.26. The number of hydrogen-bond donors (Lipinski definition) is 1. The van der Waals surface area contributed by atoms with Crippen LogP contribution in [0.3, 0.4) is 0 Å². The first-order chi connectivity index (χ1) is 7.45. The third-order valence-electron chi connectivity index (χ3n) is 3.30. The topological polar surface area (TPSA) is 12.0 Å². The molecule has 1 unspecified atom stereocenters. The molecule has 0 heterocycles. The SMILES string of the molecule is CCC(C)NCC(C)(C)c1cccc(C)c1. The molecule has 1 aromatic carbocycles. The summed E-state index contributed by atoms with van der Waals surface area (Å²) in [5, 5.41) is 3.59. The minimum atomic E-state index is 0.204. The fourth-order valence-corrected chi connectivity index (χ4v) is 1.74. The molecular formula is C15H25N. The molecule has 90 valence electrons. The summed E-state index contributed by atoms with van der Waals surface area (Å²) in [6.07, 6.45) is 1.18. The van der Waals surface area contributed by atoms with Gasteiger partial charge >= 0.3 is 0 Å². The van der Waals surface area contributed by atoms with Crippen molar-refractivity contribution in [1.29, 1.82) is 0 Å². The quantitative estimate of drug-likeness (QED) is 0.797. The van der Waals surface area contributed by atoms with Crippen molar-refractivity contribution in [3.63, 3.8) is 0 Å². The summed E-state index contributed by atoms with van der Waals surface area (Å²) < 4.78 is 0. The Bertz CT molecular complexity index is 328. The zero-order valence-electron chi connectivity index (χ0n) is 11.3. The lowest BCUT2D eigenvalue weighted by Gasteiger charge is -2.28. The van der Waals surface area contributed by atoms with Gasteiger partial charge in [-0.2, -0.15) is 0 Å². The fraction of sp³-hybridized carbons (Fsp3) is 0.600. The van der Waals surface area contributed by atoms with Gasteiger partial charge in [-0.05, 0) is 25.8 Å². The molecule has 1 N–H and O–H groups in total. The highest BCUT2D eigenvalue weighted by molar-refractivity contribution is 5.28. The Morgan fingerprint density at radius 2 is 2.00 bits per heavy atom. The summed E-state index contributed by atoms with van der Waals surface area (Å²) in [7, 11) is 0. The summed E-state index contributed by atoms with van der Waals surface area (Å²) in [6.45, 7) is 12.3. The molecule has 0 spiro atoms. The average molecular weight is 219 g/mol. The van der Waals surface area contributed by atoms with Crippen molar-refractivity contribution >= 4 is 0 Å². The number of hydrogen-bond acceptors (Lipinski definition) is 1. The summed E-state index contributed by atoms with van der Waals surface area (Å²) in [4.78, 5) is 0. The van der Waals surface area contributed by atoms with Crippen molar-refractivity contribution in [2.45, 2.75) is 52.5 Å². The van der Waals surface area contributed by atoms with Gasteiger partial charge in [0.1, 0.15) is 0 Å². The van der Waals surface area contributed by atoms with E-state index in [1.165, 1.54) is 17.5 Å². The molecule has 0 aromatic heterocycles. The lowest BCUT2D eigenvalue weighted by Crippen LogP contribution is -2.37. The Hall–Kier alpha value is -0.820. The second-order valence-corrected chi connectivity index (χ2v) is 5.44. The van der Waals surface area contributed by atoms with Crippen LogP contribution in [0.15, 0.2) is 24.3 Å². The van der Waals surface area contributed by atoms with E-state index in [1.54, 1.807) is 0 Å². The van der Waals surface area contributed by atoms with Crippen LogP contribution in [0.25, 0.3) is 0 Å². The number of aryl methyl sites for hydroxylation is 1. The predicted molar refractivity (Wildman–Crippen MR) is 72.0 cm³/mol. The van der Waals surface area contributed by atoms with Crippen LogP contribution in [0.5, 0.6) is 0 Å². The Labute approximate surface area is 100 Å². The monoisotopic (exact) mass is 219 g/mol. The lowest BCUT2D eigenvalue weighted by atomic mass is 9.83.